The number of para-hydroxylation sites is 1. The summed E-state index contributed by atoms with van der Waals surface area (Å²) in [6, 6.07) is 22.3. The molecule has 10 heteroatoms. The van der Waals surface area contributed by atoms with E-state index < -0.39 is 0 Å². The van der Waals surface area contributed by atoms with E-state index in [-0.39, 0.29) is 22.8 Å². The van der Waals surface area contributed by atoms with Gasteiger partial charge in [0.05, 0.1) is 39.9 Å². The fourth-order valence-electron chi connectivity index (χ4n) is 4.55. The minimum atomic E-state index is -0.258. The molecule has 0 unspecified atom stereocenters. The lowest BCUT2D eigenvalue weighted by Crippen LogP contribution is -2.24. The van der Waals surface area contributed by atoms with E-state index in [4.69, 9.17) is 28.2 Å². The van der Waals surface area contributed by atoms with Gasteiger partial charge in [0.1, 0.15) is 5.15 Å². The predicted octanol–water partition coefficient (Wildman–Crippen LogP) is 5.67. The van der Waals surface area contributed by atoms with Crippen LogP contribution in [0.1, 0.15) is 17.0 Å². The van der Waals surface area contributed by atoms with E-state index in [0.717, 1.165) is 15.8 Å². The fraction of sp³-hybridized carbons (Fsp3) is 0.111. The van der Waals surface area contributed by atoms with Crippen LogP contribution in [0.3, 0.4) is 0 Å². The normalized spacial score (nSPS) is 11.5. The highest BCUT2D eigenvalue weighted by Crippen LogP contribution is 2.26. The van der Waals surface area contributed by atoms with Gasteiger partial charge in [0.25, 0.3) is 11.1 Å². The maximum Gasteiger partial charge on any atom is 0.283 e. The molecule has 0 radical (unpaired) electrons. The number of fused-ring (bicyclic) bond motifs is 2. The molecule has 0 aliphatic carbocycles. The van der Waals surface area contributed by atoms with E-state index in [9.17, 15) is 9.59 Å². The Labute approximate surface area is 224 Å². The zero-order valence-electron chi connectivity index (χ0n) is 19.6. The molecule has 4 aromatic heterocycles. The van der Waals surface area contributed by atoms with E-state index in [2.05, 4.69) is 4.98 Å². The van der Waals surface area contributed by atoms with Crippen molar-refractivity contribution in [3.05, 3.63) is 121 Å². The summed E-state index contributed by atoms with van der Waals surface area (Å²) >= 11 is 13.6. The van der Waals surface area contributed by atoms with E-state index in [1.807, 2.05) is 59.3 Å². The smallest absolute Gasteiger partial charge is 0.283 e. The number of benzene rings is 2. The Balaban J connectivity index is 1.60. The summed E-state index contributed by atoms with van der Waals surface area (Å²) in [5.41, 5.74) is 2.91. The lowest BCUT2D eigenvalue weighted by Gasteiger charge is -2.13. The molecule has 0 atom stereocenters. The Bertz CT molecular complexity index is 1870. The van der Waals surface area contributed by atoms with Gasteiger partial charge >= 0.3 is 0 Å². The molecule has 184 valence electrons. The number of rotatable bonds is 5. The lowest BCUT2D eigenvalue weighted by molar-refractivity contribution is 0.610. The Hall–Kier alpha value is -3.72. The topological polar surface area (TPSA) is 74.7 Å². The maximum absolute atomic E-state index is 14.0. The monoisotopic (exact) mass is 547 g/mol. The van der Waals surface area contributed by atoms with Gasteiger partial charge in [0.2, 0.25) is 5.13 Å². The van der Waals surface area contributed by atoms with Crippen molar-refractivity contribution in [1.82, 2.24) is 23.9 Å². The lowest BCUT2D eigenvalue weighted by atomic mass is 10.2. The highest BCUT2D eigenvalue weighted by atomic mass is 35.5. The van der Waals surface area contributed by atoms with Crippen LogP contribution in [0.15, 0.2) is 82.4 Å². The molecule has 6 aromatic rings. The molecule has 2 aromatic carbocycles. The van der Waals surface area contributed by atoms with Crippen molar-refractivity contribution >= 4 is 55.7 Å². The average Bonchev–Trinajstić information content (AvgIpc) is 3.40. The van der Waals surface area contributed by atoms with Crippen molar-refractivity contribution in [3.63, 3.8) is 0 Å². The van der Waals surface area contributed by atoms with Crippen molar-refractivity contribution in [3.8, 4) is 5.13 Å². The Morgan fingerprint density at radius 1 is 0.892 bits per heavy atom. The molecule has 0 aliphatic rings. The maximum atomic E-state index is 14.0. The summed E-state index contributed by atoms with van der Waals surface area (Å²) in [6.07, 6.45) is 0. The molecular weight excluding hydrogens is 529 g/mol. The molecule has 6 rings (SSSR count). The third kappa shape index (κ3) is 4.27. The SMILES string of the molecule is Cc1c2c(=O)n(-c3nc4ccccc4s3)n(Cc3ccccc3)c2cc(=O)n1Cc1cc(Cl)cc(Cl)n1. The minimum absolute atomic E-state index is 0.130. The molecule has 0 N–H and O–H groups in total. The van der Waals surface area contributed by atoms with Gasteiger partial charge in [-0.25, -0.2) is 9.97 Å². The van der Waals surface area contributed by atoms with Gasteiger partial charge in [0, 0.05) is 16.8 Å². The number of hydrogen-bond acceptors (Lipinski definition) is 5. The number of aromatic nitrogens is 5. The third-order valence-corrected chi connectivity index (χ3v) is 7.67. The Kier molecular flexibility index (Phi) is 5.95. The standard InChI is InChI=1S/C27H19Cl2N5O2S/c1-16-25-21(13-24(35)32(16)15-19-11-18(28)12-23(29)30-19)33(14-17-7-3-2-4-8-17)34(26(25)36)27-31-20-9-5-6-10-22(20)37-27/h2-13H,14-15H2,1H3. The summed E-state index contributed by atoms with van der Waals surface area (Å²) < 4.78 is 5.90. The number of halogens is 2. The summed E-state index contributed by atoms with van der Waals surface area (Å²) in [5.74, 6) is 0. The molecule has 0 bridgehead atoms. The molecule has 0 saturated carbocycles. The van der Waals surface area contributed by atoms with Gasteiger partial charge < -0.3 is 4.57 Å². The second-order valence-corrected chi connectivity index (χ2v) is 10.5. The predicted molar refractivity (Wildman–Crippen MR) is 149 cm³/mol. The molecule has 0 saturated heterocycles. The zero-order valence-corrected chi connectivity index (χ0v) is 21.9. The summed E-state index contributed by atoms with van der Waals surface area (Å²) in [7, 11) is 0. The Morgan fingerprint density at radius 3 is 2.41 bits per heavy atom. The van der Waals surface area contributed by atoms with Gasteiger partial charge in [-0.1, -0.05) is 77.0 Å². The van der Waals surface area contributed by atoms with Gasteiger partial charge in [-0.2, -0.15) is 4.68 Å². The van der Waals surface area contributed by atoms with Crippen LogP contribution in [0.25, 0.3) is 26.3 Å². The van der Waals surface area contributed by atoms with Gasteiger partial charge in [-0.3, -0.25) is 14.3 Å². The van der Waals surface area contributed by atoms with Gasteiger partial charge in [0.15, 0.2) is 0 Å². The number of hydrogen-bond donors (Lipinski definition) is 0. The number of pyridine rings is 2. The molecule has 4 heterocycles. The van der Waals surface area contributed by atoms with Crippen LogP contribution in [0.4, 0.5) is 0 Å². The Morgan fingerprint density at radius 2 is 1.65 bits per heavy atom. The molecule has 0 aliphatic heterocycles. The van der Waals surface area contributed by atoms with Crippen molar-refractivity contribution in [1.29, 1.82) is 0 Å². The largest absolute Gasteiger partial charge is 0.306 e. The fourth-order valence-corrected chi connectivity index (χ4v) is 6.04. The second-order valence-electron chi connectivity index (χ2n) is 8.64. The summed E-state index contributed by atoms with van der Waals surface area (Å²) in [6.45, 7) is 2.29. The molecule has 0 amide bonds. The van der Waals surface area contributed by atoms with E-state index in [1.54, 1.807) is 17.7 Å². The van der Waals surface area contributed by atoms with E-state index >= 15 is 0 Å². The summed E-state index contributed by atoms with van der Waals surface area (Å²) in [5, 5.41) is 1.65. The first-order valence-electron chi connectivity index (χ1n) is 11.5. The molecule has 7 nitrogen and oxygen atoms in total. The minimum Gasteiger partial charge on any atom is -0.306 e. The first kappa shape index (κ1) is 23.7. The van der Waals surface area contributed by atoms with Crippen molar-refractivity contribution in [2.24, 2.45) is 0 Å². The second kappa shape index (κ2) is 9.30. The van der Waals surface area contributed by atoms with Gasteiger partial charge in [-0.15, -0.1) is 0 Å². The molecule has 0 fully saturated rings. The highest BCUT2D eigenvalue weighted by Gasteiger charge is 2.22. The van der Waals surface area contributed by atoms with E-state index in [0.29, 0.717) is 39.0 Å². The van der Waals surface area contributed by atoms with Crippen LogP contribution in [-0.4, -0.2) is 23.9 Å². The average molecular weight is 548 g/mol. The first-order chi connectivity index (χ1) is 17.9. The number of thiazole rings is 1. The molecule has 0 spiro atoms. The molecule has 37 heavy (non-hydrogen) atoms. The van der Waals surface area contributed by atoms with Crippen LogP contribution in [0.5, 0.6) is 0 Å². The third-order valence-electron chi connectivity index (χ3n) is 6.25. The molecular formula is C27H19Cl2N5O2S. The zero-order chi connectivity index (χ0) is 25.7. The van der Waals surface area contributed by atoms with Crippen molar-refractivity contribution in [2.45, 2.75) is 20.0 Å². The van der Waals surface area contributed by atoms with Crippen LogP contribution >= 0.6 is 34.5 Å². The van der Waals surface area contributed by atoms with Crippen LogP contribution in [0, 0.1) is 6.92 Å². The van der Waals surface area contributed by atoms with E-state index in [1.165, 1.54) is 28.0 Å². The van der Waals surface area contributed by atoms with Gasteiger partial charge in [-0.05, 0) is 36.8 Å². The van der Waals surface area contributed by atoms with Crippen LogP contribution in [-0.2, 0) is 13.1 Å². The summed E-state index contributed by atoms with van der Waals surface area (Å²) in [4.78, 5) is 36.4. The number of nitrogens with zero attached hydrogens (tertiary/aromatic N) is 5. The van der Waals surface area contributed by atoms with Crippen molar-refractivity contribution < 1.29 is 0 Å². The number of aryl methyl sites for hydroxylation is 1. The highest BCUT2D eigenvalue weighted by molar-refractivity contribution is 7.20. The first-order valence-corrected chi connectivity index (χ1v) is 13.0. The van der Waals surface area contributed by atoms with Crippen molar-refractivity contribution in [2.75, 3.05) is 0 Å². The quantitative estimate of drug-likeness (QED) is 0.260. The van der Waals surface area contributed by atoms with Crippen LogP contribution < -0.4 is 11.1 Å². The van der Waals surface area contributed by atoms with Crippen LogP contribution in [0.2, 0.25) is 10.2 Å².